The minimum atomic E-state index is 0.270. The maximum atomic E-state index is 6.36. The van der Waals surface area contributed by atoms with Gasteiger partial charge in [0.25, 0.3) is 0 Å². The van der Waals surface area contributed by atoms with E-state index in [1.807, 2.05) is 26.0 Å². The largest absolute Gasteiger partial charge is 0.463 e. The van der Waals surface area contributed by atoms with E-state index in [-0.39, 0.29) is 6.04 Å². The highest BCUT2D eigenvalue weighted by Gasteiger charge is 2.29. The number of hydrogen-bond donors (Lipinski definition) is 3. The molecule has 0 amide bonds. The van der Waals surface area contributed by atoms with Gasteiger partial charge in [-0.1, -0.05) is 17.7 Å². The van der Waals surface area contributed by atoms with Crippen LogP contribution in [0, 0.1) is 13.8 Å². The predicted octanol–water partition coefficient (Wildman–Crippen LogP) is 3.26. The summed E-state index contributed by atoms with van der Waals surface area (Å²) < 4.78 is 5.66. The van der Waals surface area contributed by atoms with Gasteiger partial charge in [-0.3, -0.25) is 0 Å². The lowest BCUT2D eigenvalue weighted by molar-refractivity contribution is -0.919. The Morgan fingerprint density at radius 3 is 2.72 bits per heavy atom. The van der Waals surface area contributed by atoms with Crippen molar-refractivity contribution in [3.8, 4) is 0 Å². The molecule has 1 saturated heterocycles. The standard InChI is InChI=1S/C19H24ClN3OS/c1-13-10-14(2)18(15(20)11-13)22-19(25)21-12-16(17-6-5-9-24-17)23-7-3-4-8-23/h5-6,9-11,16H,3-4,7-8,12H2,1-2H3,(H2,21,22,25)/p+1/t16-/m1/s1. The first-order valence-corrected chi connectivity index (χ1v) is 9.53. The molecule has 1 aliphatic heterocycles. The van der Waals surface area contributed by atoms with Crippen molar-refractivity contribution < 1.29 is 9.32 Å². The zero-order chi connectivity index (χ0) is 17.8. The van der Waals surface area contributed by atoms with Crippen LogP contribution in [0.15, 0.2) is 34.9 Å². The summed E-state index contributed by atoms with van der Waals surface area (Å²) in [6.45, 7) is 7.15. The normalized spacial score (nSPS) is 16.0. The monoisotopic (exact) mass is 378 g/mol. The van der Waals surface area contributed by atoms with Crippen molar-refractivity contribution in [1.82, 2.24) is 5.32 Å². The van der Waals surface area contributed by atoms with E-state index in [4.69, 9.17) is 28.2 Å². The van der Waals surface area contributed by atoms with Crippen LogP contribution in [0.3, 0.4) is 0 Å². The molecule has 1 aromatic carbocycles. The number of quaternary nitrogens is 1. The van der Waals surface area contributed by atoms with Gasteiger partial charge >= 0.3 is 0 Å². The highest BCUT2D eigenvalue weighted by atomic mass is 35.5. The summed E-state index contributed by atoms with van der Waals surface area (Å²) in [5.41, 5.74) is 3.09. The van der Waals surface area contributed by atoms with Gasteiger partial charge < -0.3 is 20.0 Å². The number of hydrogen-bond acceptors (Lipinski definition) is 2. The molecule has 4 nitrogen and oxygen atoms in total. The van der Waals surface area contributed by atoms with Gasteiger partial charge in [0.15, 0.2) is 16.9 Å². The number of nitrogens with one attached hydrogen (secondary N) is 3. The molecule has 0 spiro atoms. The third-order valence-electron chi connectivity index (χ3n) is 4.76. The van der Waals surface area contributed by atoms with Gasteiger partial charge in [-0.15, -0.1) is 0 Å². The third kappa shape index (κ3) is 4.54. The quantitative estimate of drug-likeness (QED) is 0.698. The minimum absolute atomic E-state index is 0.270. The Kier molecular flexibility index (Phi) is 5.99. The van der Waals surface area contributed by atoms with E-state index in [1.165, 1.54) is 25.9 Å². The van der Waals surface area contributed by atoms with E-state index < -0.39 is 0 Å². The Balaban J connectivity index is 1.64. The smallest absolute Gasteiger partial charge is 0.171 e. The second-order valence-electron chi connectivity index (χ2n) is 6.71. The number of aryl methyl sites for hydroxylation is 2. The third-order valence-corrected chi connectivity index (χ3v) is 5.31. The Morgan fingerprint density at radius 1 is 1.32 bits per heavy atom. The van der Waals surface area contributed by atoms with Crippen LogP contribution in [-0.4, -0.2) is 24.7 Å². The van der Waals surface area contributed by atoms with Crippen LogP contribution in [0.4, 0.5) is 5.69 Å². The molecule has 0 aliphatic carbocycles. The average Bonchev–Trinajstić information content (AvgIpc) is 3.25. The lowest BCUT2D eigenvalue weighted by Crippen LogP contribution is -3.11. The second kappa shape index (κ2) is 8.21. The lowest BCUT2D eigenvalue weighted by atomic mass is 10.1. The lowest BCUT2D eigenvalue weighted by Gasteiger charge is -2.24. The van der Waals surface area contributed by atoms with Crippen LogP contribution in [0.1, 0.15) is 35.8 Å². The summed E-state index contributed by atoms with van der Waals surface area (Å²) in [6, 6.07) is 8.31. The Hall–Kier alpha value is -1.56. The fourth-order valence-electron chi connectivity index (χ4n) is 3.54. The van der Waals surface area contributed by atoms with E-state index in [0.717, 1.165) is 29.1 Å². The molecule has 6 heteroatoms. The summed E-state index contributed by atoms with van der Waals surface area (Å²) in [4.78, 5) is 1.55. The average molecular weight is 379 g/mol. The predicted molar refractivity (Wildman–Crippen MR) is 107 cm³/mol. The first-order chi connectivity index (χ1) is 12.0. The van der Waals surface area contributed by atoms with Gasteiger partial charge in [-0.05, 0) is 55.4 Å². The van der Waals surface area contributed by atoms with E-state index in [9.17, 15) is 0 Å². The number of furan rings is 1. The van der Waals surface area contributed by atoms with Gasteiger partial charge in [0.05, 0.1) is 36.6 Å². The number of anilines is 1. The van der Waals surface area contributed by atoms with Gasteiger partial charge in [0.1, 0.15) is 0 Å². The molecule has 25 heavy (non-hydrogen) atoms. The summed E-state index contributed by atoms with van der Waals surface area (Å²) >= 11 is 11.8. The SMILES string of the molecule is Cc1cc(C)c(NC(=S)NC[C@H](c2ccco2)[NH+]2CCCC2)c(Cl)c1. The van der Waals surface area contributed by atoms with Gasteiger partial charge in [-0.25, -0.2) is 0 Å². The zero-order valence-corrected chi connectivity index (χ0v) is 16.3. The Labute approximate surface area is 159 Å². The summed E-state index contributed by atoms with van der Waals surface area (Å²) in [7, 11) is 0. The molecule has 2 aromatic rings. The van der Waals surface area contributed by atoms with Crippen molar-refractivity contribution in [3.05, 3.63) is 52.4 Å². The summed E-state index contributed by atoms with van der Waals surface area (Å²) in [5, 5.41) is 7.87. The molecule has 1 atom stereocenters. The van der Waals surface area contributed by atoms with Gasteiger partial charge in [-0.2, -0.15) is 0 Å². The molecule has 1 fully saturated rings. The highest BCUT2D eigenvalue weighted by molar-refractivity contribution is 7.80. The topological polar surface area (TPSA) is 41.6 Å². The van der Waals surface area contributed by atoms with Crippen LogP contribution in [-0.2, 0) is 0 Å². The maximum absolute atomic E-state index is 6.36. The molecule has 3 rings (SSSR count). The molecule has 1 aliphatic rings. The van der Waals surface area contributed by atoms with Crippen molar-refractivity contribution in [2.45, 2.75) is 32.7 Å². The van der Waals surface area contributed by atoms with Crippen LogP contribution >= 0.6 is 23.8 Å². The van der Waals surface area contributed by atoms with Crippen molar-refractivity contribution in [2.24, 2.45) is 0 Å². The van der Waals surface area contributed by atoms with Crippen LogP contribution < -0.4 is 15.5 Å². The molecule has 0 radical (unpaired) electrons. The highest BCUT2D eigenvalue weighted by Crippen LogP contribution is 2.27. The fourth-order valence-corrected chi connectivity index (χ4v) is 4.09. The molecule has 3 N–H and O–H groups in total. The number of halogens is 1. The number of thiocarbonyl (C=S) groups is 1. The molecular weight excluding hydrogens is 354 g/mol. The first kappa shape index (κ1) is 18.2. The molecule has 1 aromatic heterocycles. The summed E-state index contributed by atoms with van der Waals surface area (Å²) in [6.07, 6.45) is 4.28. The fraction of sp³-hybridized carbons (Fsp3) is 0.421. The first-order valence-electron chi connectivity index (χ1n) is 8.74. The maximum Gasteiger partial charge on any atom is 0.171 e. The molecule has 0 saturated carbocycles. The van der Waals surface area contributed by atoms with E-state index in [2.05, 4.69) is 22.8 Å². The molecule has 0 unspecified atom stereocenters. The zero-order valence-electron chi connectivity index (χ0n) is 14.7. The number of benzene rings is 1. The van der Waals surface area contributed by atoms with Crippen molar-refractivity contribution in [2.75, 3.05) is 25.0 Å². The van der Waals surface area contributed by atoms with Crippen LogP contribution in [0.5, 0.6) is 0 Å². The number of rotatable bonds is 5. The van der Waals surface area contributed by atoms with E-state index in [0.29, 0.717) is 10.1 Å². The van der Waals surface area contributed by atoms with Crippen molar-refractivity contribution >= 4 is 34.6 Å². The number of likely N-dealkylation sites (tertiary alicyclic amines) is 1. The van der Waals surface area contributed by atoms with Crippen LogP contribution in [0.2, 0.25) is 5.02 Å². The van der Waals surface area contributed by atoms with Gasteiger partial charge in [0, 0.05) is 12.8 Å². The Bertz CT molecular complexity index is 703. The molecular formula is C19H25ClN3OS+. The van der Waals surface area contributed by atoms with E-state index in [1.54, 1.807) is 11.2 Å². The molecule has 2 heterocycles. The van der Waals surface area contributed by atoms with Crippen LogP contribution in [0.25, 0.3) is 0 Å². The Morgan fingerprint density at radius 2 is 2.08 bits per heavy atom. The molecule has 0 bridgehead atoms. The minimum Gasteiger partial charge on any atom is -0.463 e. The summed E-state index contributed by atoms with van der Waals surface area (Å²) in [5.74, 6) is 1.01. The van der Waals surface area contributed by atoms with E-state index >= 15 is 0 Å². The molecule has 134 valence electrons. The van der Waals surface area contributed by atoms with Gasteiger partial charge in [0.2, 0.25) is 0 Å². The second-order valence-corrected chi connectivity index (χ2v) is 7.52. The van der Waals surface area contributed by atoms with Crippen molar-refractivity contribution in [1.29, 1.82) is 0 Å². The van der Waals surface area contributed by atoms with Crippen molar-refractivity contribution in [3.63, 3.8) is 0 Å².